The molecule has 1 radical (unpaired) electrons. The Bertz CT molecular complexity index is 1930. The van der Waals surface area contributed by atoms with E-state index < -0.39 is 0 Å². The molecule has 0 spiro atoms. The molecule has 2 aromatic heterocycles. The first-order valence-corrected chi connectivity index (χ1v) is 12.2. The molecule has 4 heteroatoms. The summed E-state index contributed by atoms with van der Waals surface area (Å²) in [4.78, 5) is 8.74. The van der Waals surface area contributed by atoms with Gasteiger partial charge in [0.1, 0.15) is 5.75 Å². The number of pyridine rings is 2. The average molecular weight is 691 g/mol. The number of hydrogen-bond donors (Lipinski definition) is 1. The second-order valence-corrected chi connectivity index (χ2v) is 9.03. The van der Waals surface area contributed by atoms with E-state index in [0.29, 0.717) is 5.56 Å². The van der Waals surface area contributed by atoms with Crippen molar-refractivity contribution in [3.63, 3.8) is 0 Å². The Morgan fingerprint density at radius 3 is 2.26 bits per heavy atom. The molecule has 195 valence electrons. The zero-order valence-electron chi connectivity index (χ0n) is 26.8. The first-order chi connectivity index (χ1) is 20.6. The van der Waals surface area contributed by atoms with E-state index in [1.165, 1.54) is 0 Å². The minimum atomic E-state index is -0.385. The van der Waals surface area contributed by atoms with E-state index in [-0.39, 0.29) is 61.6 Å². The topological polar surface area (TPSA) is 46.0 Å². The number of aromatic hydroxyl groups is 1. The third-order valence-electron chi connectivity index (χ3n) is 6.13. The van der Waals surface area contributed by atoms with Crippen molar-refractivity contribution in [1.29, 1.82) is 0 Å². The molecule has 0 bridgehead atoms. The summed E-state index contributed by atoms with van der Waals surface area (Å²) in [5.41, 5.74) is 7.12. The number of phenols is 1. The molecule has 0 amide bonds. The molecule has 6 aromatic rings. The van der Waals surface area contributed by atoms with E-state index >= 15 is 0 Å². The maximum atomic E-state index is 9.52. The van der Waals surface area contributed by atoms with Crippen molar-refractivity contribution in [1.82, 2.24) is 9.97 Å². The Kier molecular flexibility index (Phi) is 7.05. The van der Waals surface area contributed by atoms with E-state index in [9.17, 15) is 5.11 Å². The van der Waals surface area contributed by atoms with E-state index in [1.54, 1.807) is 24.5 Å². The zero-order valence-corrected chi connectivity index (χ0v) is 24.2. The van der Waals surface area contributed by atoms with Crippen molar-refractivity contribution in [2.75, 3.05) is 0 Å². The van der Waals surface area contributed by atoms with Gasteiger partial charge in [-0.2, -0.15) is 0 Å². The summed E-state index contributed by atoms with van der Waals surface area (Å²) in [7, 11) is 0. The smallest absolute Gasteiger partial charge is 0.124 e. The van der Waals surface area contributed by atoms with Gasteiger partial charge in [-0.1, -0.05) is 68.3 Å². The van der Waals surface area contributed by atoms with Crippen LogP contribution >= 0.6 is 0 Å². The molecule has 0 aliphatic heterocycles. The summed E-state index contributed by atoms with van der Waals surface area (Å²) in [6.45, 7) is 5.93. The Hall–Kier alpha value is -4.11. The number of benzene rings is 4. The normalized spacial score (nSPS) is 12.1. The van der Waals surface area contributed by atoms with Gasteiger partial charge in [-0.15, -0.1) is 34.9 Å². The molecule has 0 saturated carbocycles. The first kappa shape index (κ1) is 21.8. The van der Waals surface area contributed by atoms with Crippen LogP contribution in [0.2, 0.25) is 0 Å². The molecule has 4 aromatic carbocycles. The number of hydrogen-bond acceptors (Lipinski definition) is 3. The second kappa shape index (κ2) is 12.6. The fraction of sp³-hybridized carbons (Fsp3) is 0.0857. The Balaban J connectivity index is 0.000000264. The van der Waals surface area contributed by atoms with Crippen LogP contribution in [0.3, 0.4) is 0 Å². The molecular weight excluding hydrogens is 657 g/mol. The standard InChI is InChI=1S/C24H20N.C11H9NO.Ir/c1-16-11-17(2)13-21(12-16)24-23-14-18(3)22(15-20(23)9-10-25-24)19-7-5-4-6-8-19;13-11-7-2-1-5-9(11)10-6-3-4-8-12-10;/h4-12,14-15H,1-3H3;1-8,13H;/q-1;;/i4D,5D,6D,7D,8D;;. The number of para-hydroxylation sites is 1. The molecule has 3 nitrogen and oxygen atoms in total. The minimum Gasteiger partial charge on any atom is -0.507 e. The van der Waals surface area contributed by atoms with Crippen molar-refractivity contribution in [3.8, 4) is 39.4 Å². The third-order valence-corrected chi connectivity index (χ3v) is 6.13. The van der Waals surface area contributed by atoms with Gasteiger partial charge < -0.3 is 10.1 Å². The van der Waals surface area contributed by atoms with Crippen molar-refractivity contribution >= 4 is 10.8 Å². The number of fused-ring (bicyclic) bond motifs is 1. The average Bonchev–Trinajstić information content (AvgIpc) is 2.99. The maximum Gasteiger partial charge on any atom is 0.124 e. The quantitative estimate of drug-likeness (QED) is 0.189. The SMILES string of the molecule is Oc1ccccc1-c1ccccn1.[2H]c1c([2H])c([2H])c(-c2cc3ccnc(-c4[c-]c(C)cc(C)c4)c3cc2C)c([2H])c1[2H].[Ir]. The van der Waals surface area contributed by atoms with E-state index in [4.69, 9.17) is 6.85 Å². The van der Waals surface area contributed by atoms with Crippen LogP contribution in [0.15, 0.2) is 115 Å². The van der Waals surface area contributed by atoms with Crippen LogP contribution in [-0.4, -0.2) is 15.1 Å². The summed E-state index contributed by atoms with van der Waals surface area (Å²) >= 11 is 0. The molecule has 2 heterocycles. The van der Waals surface area contributed by atoms with Gasteiger partial charge in [0, 0.05) is 38.1 Å². The number of phenolic OH excluding ortho intramolecular Hbond substituents is 1. The largest absolute Gasteiger partial charge is 0.507 e. The number of aryl methyl sites for hydroxylation is 3. The van der Waals surface area contributed by atoms with Crippen LogP contribution in [0.5, 0.6) is 5.75 Å². The monoisotopic (exact) mass is 691 g/mol. The van der Waals surface area contributed by atoms with Crippen LogP contribution in [0.1, 0.15) is 23.5 Å². The molecule has 1 N–H and O–H groups in total. The number of rotatable bonds is 3. The van der Waals surface area contributed by atoms with Crippen molar-refractivity contribution in [3.05, 3.63) is 138 Å². The summed E-state index contributed by atoms with van der Waals surface area (Å²) in [6.07, 6.45) is 3.44. The molecule has 0 unspecified atom stereocenters. The fourth-order valence-corrected chi connectivity index (χ4v) is 4.43. The van der Waals surface area contributed by atoms with Gasteiger partial charge >= 0.3 is 0 Å². The first-order valence-electron chi connectivity index (χ1n) is 14.7. The molecule has 0 fully saturated rings. The van der Waals surface area contributed by atoms with Crippen LogP contribution in [-0.2, 0) is 20.1 Å². The Morgan fingerprint density at radius 1 is 0.769 bits per heavy atom. The molecule has 0 atom stereocenters. The van der Waals surface area contributed by atoms with E-state index in [1.807, 2.05) is 75.4 Å². The Labute approximate surface area is 250 Å². The zero-order chi connectivity index (χ0) is 30.8. The van der Waals surface area contributed by atoms with Gasteiger partial charge in [-0.3, -0.25) is 4.98 Å². The predicted octanol–water partition coefficient (Wildman–Crippen LogP) is 8.75. The van der Waals surface area contributed by atoms with Crippen molar-refractivity contribution in [2.45, 2.75) is 20.8 Å². The van der Waals surface area contributed by atoms with Gasteiger partial charge in [0.15, 0.2) is 0 Å². The van der Waals surface area contributed by atoms with E-state index in [2.05, 4.69) is 22.1 Å². The summed E-state index contributed by atoms with van der Waals surface area (Å²) in [6, 6.07) is 24.6. The van der Waals surface area contributed by atoms with Crippen molar-refractivity contribution < 1.29 is 32.1 Å². The van der Waals surface area contributed by atoms with E-state index in [0.717, 1.165) is 50.0 Å². The fourth-order valence-electron chi connectivity index (χ4n) is 4.43. The second-order valence-electron chi connectivity index (χ2n) is 9.03. The number of nitrogens with zero attached hydrogens (tertiary/aromatic N) is 2. The summed E-state index contributed by atoms with van der Waals surface area (Å²) < 4.78 is 40.4. The molecule has 0 saturated heterocycles. The summed E-state index contributed by atoms with van der Waals surface area (Å²) in [5.74, 6) is 0.265. The van der Waals surface area contributed by atoms with Gasteiger partial charge in [-0.25, -0.2) is 0 Å². The van der Waals surface area contributed by atoms with Gasteiger partial charge in [-0.05, 0) is 76.5 Å². The van der Waals surface area contributed by atoms with Gasteiger partial charge in [0.25, 0.3) is 0 Å². The van der Waals surface area contributed by atoms with Crippen LogP contribution in [0, 0.1) is 26.8 Å². The maximum absolute atomic E-state index is 9.52. The van der Waals surface area contributed by atoms with Crippen LogP contribution < -0.4 is 0 Å². The minimum absolute atomic E-state index is 0. The van der Waals surface area contributed by atoms with Crippen LogP contribution in [0.4, 0.5) is 0 Å². The number of aromatic nitrogens is 2. The molecule has 6 rings (SSSR count). The molecular formula is C35H29IrN2O-. The molecule has 0 aliphatic carbocycles. The third kappa shape index (κ3) is 6.49. The summed E-state index contributed by atoms with van der Waals surface area (Å²) in [5, 5.41) is 11.4. The molecule has 39 heavy (non-hydrogen) atoms. The predicted molar refractivity (Wildman–Crippen MR) is 157 cm³/mol. The van der Waals surface area contributed by atoms with Gasteiger partial charge in [0.2, 0.25) is 0 Å². The molecule has 0 aliphatic rings. The van der Waals surface area contributed by atoms with Gasteiger partial charge in [0.05, 0.1) is 12.5 Å². The van der Waals surface area contributed by atoms with Crippen LogP contribution in [0.25, 0.3) is 44.4 Å². The Morgan fingerprint density at radius 2 is 1.54 bits per heavy atom. The van der Waals surface area contributed by atoms with Crippen molar-refractivity contribution in [2.24, 2.45) is 0 Å².